The van der Waals surface area contributed by atoms with E-state index in [-0.39, 0.29) is 5.69 Å². The van der Waals surface area contributed by atoms with Crippen LogP contribution < -0.4 is 5.43 Å². The predicted octanol–water partition coefficient (Wildman–Crippen LogP) is 3.06. The summed E-state index contributed by atoms with van der Waals surface area (Å²) < 4.78 is 0. The molecule has 6 nitrogen and oxygen atoms in total. The molecule has 0 bridgehead atoms. The summed E-state index contributed by atoms with van der Waals surface area (Å²) in [5, 5.41) is 14.6. The highest BCUT2D eigenvalue weighted by Gasteiger charge is 2.09. The smallest absolute Gasteiger partial charge is 0.267 e. The van der Waals surface area contributed by atoms with Crippen molar-refractivity contribution in [2.24, 2.45) is 5.10 Å². The molecule has 0 spiro atoms. The number of nitrogens with zero attached hydrogens (tertiary/aromatic N) is 2. The van der Waals surface area contributed by atoms with Gasteiger partial charge in [-0.2, -0.15) is 5.10 Å². The number of amides is 1. The first-order valence-electron chi connectivity index (χ1n) is 6.63. The number of nitrogens with one attached hydrogen (secondary N) is 1. The Balaban J connectivity index is 2.08. The van der Waals surface area contributed by atoms with Gasteiger partial charge in [-0.3, -0.25) is 14.9 Å². The first kappa shape index (κ1) is 15.4. The van der Waals surface area contributed by atoms with E-state index in [1.165, 1.54) is 24.3 Å². The molecule has 0 unspecified atom stereocenters. The highest BCUT2D eigenvalue weighted by molar-refractivity contribution is 6.01. The third-order valence-corrected chi connectivity index (χ3v) is 3.10. The van der Waals surface area contributed by atoms with Crippen LogP contribution in [0.3, 0.4) is 0 Å². The molecule has 2 aromatic rings. The maximum atomic E-state index is 11.9. The number of carbonyl (C=O) groups excluding carboxylic acids is 1. The minimum absolute atomic E-state index is 0.0593. The summed E-state index contributed by atoms with van der Waals surface area (Å²) in [4.78, 5) is 22.0. The molecule has 2 rings (SSSR count). The first-order chi connectivity index (χ1) is 10.5. The third kappa shape index (κ3) is 3.76. The van der Waals surface area contributed by atoms with Crippen molar-refractivity contribution in [3.05, 3.63) is 75.3 Å². The second-order valence-electron chi connectivity index (χ2n) is 4.81. The Morgan fingerprint density at radius 3 is 2.41 bits per heavy atom. The zero-order valence-electron chi connectivity index (χ0n) is 12.2. The molecule has 0 fully saturated rings. The van der Waals surface area contributed by atoms with Gasteiger partial charge in [0.25, 0.3) is 11.6 Å². The summed E-state index contributed by atoms with van der Waals surface area (Å²) in [6.45, 7) is 3.77. The molecular weight excluding hydrogens is 282 g/mol. The molecule has 0 saturated heterocycles. The van der Waals surface area contributed by atoms with E-state index >= 15 is 0 Å². The number of carbonyl (C=O) groups is 1. The number of aryl methyl sites for hydroxylation is 1. The molecule has 6 heteroatoms. The van der Waals surface area contributed by atoms with Gasteiger partial charge in [-0.25, -0.2) is 5.43 Å². The maximum Gasteiger partial charge on any atom is 0.271 e. The lowest BCUT2D eigenvalue weighted by Gasteiger charge is -2.04. The Hall–Kier alpha value is -3.02. The monoisotopic (exact) mass is 297 g/mol. The minimum atomic E-state index is -0.512. The summed E-state index contributed by atoms with van der Waals surface area (Å²) in [6, 6.07) is 13.1. The standard InChI is InChI=1S/C16H15N3O3/c1-11-4-3-5-14(10-11)12(2)17-18-16(20)13-6-8-15(9-7-13)19(21)22/h3-10H,1-2H3,(H,18,20). The average Bonchev–Trinajstić information content (AvgIpc) is 2.52. The lowest BCUT2D eigenvalue weighted by Crippen LogP contribution is -2.19. The molecule has 0 saturated carbocycles. The zero-order valence-corrected chi connectivity index (χ0v) is 12.2. The predicted molar refractivity (Wildman–Crippen MR) is 84.0 cm³/mol. The van der Waals surface area contributed by atoms with Crippen molar-refractivity contribution in [2.45, 2.75) is 13.8 Å². The van der Waals surface area contributed by atoms with E-state index in [9.17, 15) is 14.9 Å². The van der Waals surface area contributed by atoms with Gasteiger partial charge in [0, 0.05) is 17.7 Å². The minimum Gasteiger partial charge on any atom is -0.267 e. The fourth-order valence-electron chi connectivity index (χ4n) is 1.87. The Morgan fingerprint density at radius 2 is 1.82 bits per heavy atom. The molecule has 0 aliphatic carbocycles. The van der Waals surface area contributed by atoms with E-state index in [0.717, 1.165) is 11.1 Å². The highest BCUT2D eigenvalue weighted by Crippen LogP contribution is 2.12. The number of hydrazone groups is 1. The van der Waals surface area contributed by atoms with Gasteiger partial charge in [0.05, 0.1) is 10.6 Å². The van der Waals surface area contributed by atoms with E-state index < -0.39 is 10.8 Å². The fraction of sp³-hybridized carbons (Fsp3) is 0.125. The van der Waals surface area contributed by atoms with Gasteiger partial charge in [-0.1, -0.05) is 29.8 Å². The highest BCUT2D eigenvalue weighted by atomic mass is 16.6. The Kier molecular flexibility index (Phi) is 4.63. The van der Waals surface area contributed by atoms with Crippen molar-refractivity contribution in [1.29, 1.82) is 0 Å². The number of hydrogen-bond donors (Lipinski definition) is 1. The van der Waals surface area contributed by atoms with Crippen molar-refractivity contribution < 1.29 is 9.72 Å². The first-order valence-corrected chi connectivity index (χ1v) is 6.63. The molecule has 0 atom stereocenters. The number of rotatable bonds is 4. The van der Waals surface area contributed by atoms with E-state index in [4.69, 9.17) is 0 Å². The molecule has 22 heavy (non-hydrogen) atoms. The Bertz CT molecular complexity index is 737. The van der Waals surface area contributed by atoms with Crippen molar-refractivity contribution in [1.82, 2.24) is 5.43 Å². The van der Waals surface area contributed by atoms with Gasteiger partial charge in [-0.15, -0.1) is 0 Å². The largest absolute Gasteiger partial charge is 0.271 e. The van der Waals surface area contributed by atoms with Crippen molar-refractivity contribution in [2.75, 3.05) is 0 Å². The van der Waals surface area contributed by atoms with Gasteiger partial charge in [-0.05, 0) is 31.5 Å². The van der Waals surface area contributed by atoms with Crippen LogP contribution in [-0.4, -0.2) is 16.5 Å². The van der Waals surface area contributed by atoms with Crippen LogP contribution in [0.15, 0.2) is 53.6 Å². The molecule has 2 aromatic carbocycles. The third-order valence-electron chi connectivity index (χ3n) is 3.10. The molecule has 112 valence electrons. The molecule has 1 N–H and O–H groups in total. The van der Waals surface area contributed by atoms with Crippen molar-refractivity contribution in [3.8, 4) is 0 Å². The van der Waals surface area contributed by atoms with E-state index in [2.05, 4.69) is 10.5 Å². The lowest BCUT2D eigenvalue weighted by atomic mass is 10.1. The van der Waals surface area contributed by atoms with Crippen LogP contribution in [0.25, 0.3) is 0 Å². The van der Waals surface area contributed by atoms with Crippen LogP contribution in [0.2, 0.25) is 0 Å². The van der Waals surface area contributed by atoms with Gasteiger partial charge < -0.3 is 0 Å². The van der Waals surface area contributed by atoms with Crippen LogP contribution in [0, 0.1) is 17.0 Å². The summed E-state index contributed by atoms with van der Waals surface area (Å²) >= 11 is 0. The molecule has 0 aliphatic rings. The molecule has 0 heterocycles. The van der Waals surface area contributed by atoms with Crippen molar-refractivity contribution >= 4 is 17.3 Å². The molecular formula is C16H15N3O3. The molecule has 0 radical (unpaired) electrons. The van der Waals surface area contributed by atoms with E-state index in [1.807, 2.05) is 31.2 Å². The summed E-state index contributed by atoms with van der Waals surface area (Å²) in [6.07, 6.45) is 0. The van der Waals surface area contributed by atoms with Crippen LogP contribution in [0.4, 0.5) is 5.69 Å². The number of benzene rings is 2. The van der Waals surface area contributed by atoms with Crippen molar-refractivity contribution in [3.63, 3.8) is 0 Å². The van der Waals surface area contributed by atoms with Gasteiger partial charge in [0.15, 0.2) is 0 Å². The molecule has 0 aliphatic heterocycles. The van der Waals surface area contributed by atoms with Crippen LogP contribution >= 0.6 is 0 Å². The van der Waals surface area contributed by atoms with Gasteiger partial charge in [0.2, 0.25) is 0 Å². The van der Waals surface area contributed by atoms with Crippen LogP contribution in [0.5, 0.6) is 0 Å². The Morgan fingerprint density at radius 1 is 1.14 bits per heavy atom. The SMILES string of the molecule is CC(=NNC(=O)c1ccc([N+](=O)[O-])cc1)c1cccc(C)c1. The number of nitro benzene ring substituents is 1. The van der Waals surface area contributed by atoms with Crippen LogP contribution in [0.1, 0.15) is 28.4 Å². The summed E-state index contributed by atoms with van der Waals surface area (Å²) in [5.74, 6) is -0.415. The fourth-order valence-corrected chi connectivity index (χ4v) is 1.87. The number of hydrogen-bond acceptors (Lipinski definition) is 4. The topological polar surface area (TPSA) is 84.6 Å². The summed E-state index contributed by atoms with van der Waals surface area (Å²) in [7, 11) is 0. The zero-order chi connectivity index (χ0) is 16.1. The average molecular weight is 297 g/mol. The van der Waals surface area contributed by atoms with Crippen LogP contribution in [-0.2, 0) is 0 Å². The number of non-ortho nitro benzene ring substituents is 1. The second-order valence-corrected chi connectivity index (χ2v) is 4.81. The lowest BCUT2D eigenvalue weighted by molar-refractivity contribution is -0.384. The van der Waals surface area contributed by atoms with E-state index in [1.54, 1.807) is 6.92 Å². The quantitative estimate of drug-likeness (QED) is 0.534. The van der Waals surface area contributed by atoms with Gasteiger partial charge in [0.1, 0.15) is 0 Å². The normalized spacial score (nSPS) is 11.1. The Labute approximate surface area is 127 Å². The second kappa shape index (κ2) is 6.62. The maximum absolute atomic E-state index is 11.9. The van der Waals surface area contributed by atoms with Gasteiger partial charge >= 0.3 is 0 Å². The molecule has 1 amide bonds. The summed E-state index contributed by atoms with van der Waals surface area (Å²) in [5.41, 5.74) is 5.40. The number of nitro groups is 1. The molecule has 0 aromatic heterocycles. The van der Waals surface area contributed by atoms with E-state index in [0.29, 0.717) is 11.3 Å².